The summed E-state index contributed by atoms with van der Waals surface area (Å²) < 4.78 is 5.31. The second-order valence-electron chi connectivity index (χ2n) is 6.91. The molecule has 0 radical (unpaired) electrons. The molecule has 1 atom stereocenters. The van der Waals surface area contributed by atoms with Crippen LogP contribution in [0.2, 0.25) is 0 Å². The van der Waals surface area contributed by atoms with E-state index in [1.54, 1.807) is 0 Å². The van der Waals surface area contributed by atoms with Gasteiger partial charge >= 0.3 is 6.09 Å². The van der Waals surface area contributed by atoms with Gasteiger partial charge in [0.1, 0.15) is 12.4 Å². The first-order chi connectivity index (χ1) is 11.5. The Labute approximate surface area is 144 Å². The van der Waals surface area contributed by atoms with Crippen LogP contribution in [0.3, 0.4) is 0 Å². The van der Waals surface area contributed by atoms with Crippen LogP contribution in [-0.4, -0.2) is 42.5 Å². The first-order valence-electron chi connectivity index (χ1n) is 8.74. The van der Waals surface area contributed by atoms with Crippen molar-refractivity contribution in [2.24, 2.45) is 5.92 Å². The molecule has 1 aromatic carbocycles. The number of ketones is 1. The molecule has 0 spiro atoms. The van der Waals surface area contributed by atoms with Gasteiger partial charge < -0.3 is 10.1 Å². The van der Waals surface area contributed by atoms with Crippen molar-refractivity contribution in [3.05, 3.63) is 35.9 Å². The van der Waals surface area contributed by atoms with E-state index in [9.17, 15) is 9.59 Å². The van der Waals surface area contributed by atoms with E-state index >= 15 is 0 Å². The summed E-state index contributed by atoms with van der Waals surface area (Å²) in [5.74, 6) is 0.751. The van der Waals surface area contributed by atoms with Crippen LogP contribution in [0.1, 0.15) is 38.7 Å². The number of alkyl carbamates (subject to hydrolysis) is 1. The molecule has 1 aliphatic rings. The van der Waals surface area contributed by atoms with Crippen LogP contribution in [0, 0.1) is 5.92 Å². The molecule has 1 amide bonds. The Bertz CT molecular complexity index is 531. The standard InChI is InChI=1S/C19H28N2O3/c1-15(2)11-17(12-21-10-6-9-18(22)13-21)20-19(23)24-14-16-7-4-3-5-8-16/h3-5,7-8,15,17H,6,9-14H2,1-2H3,(H,20,23)/t17-/m1/s1. The molecular formula is C19H28N2O3. The number of carbonyl (C=O) groups is 2. The van der Waals surface area contributed by atoms with Gasteiger partial charge in [-0.25, -0.2) is 4.79 Å². The van der Waals surface area contributed by atoms with Gasteiger partial charge in [0.2, 0.25) is 0 Å². The highest BCUT2D eigenvalue weighted by atomic mass is 16.5. The van der Waals surface area contributed by atoms with Crippen LogP contribution < -0.4 is 5.32 Å². The number of benzene rings is 1. The average Bonchev–Trinajstić information content (AvgIpc) is 2.53. The van der Waals surface area contributed by atoms with Crippen molar-refractivity contribution in [2.45, 2.75) is 45.8 Å². The number of hydrogen-bond acceptors (Lipinski definition) is 4. The van der Waals surface area contributed by atoms with Gasteiger partial charge in [0.25, 0.3) is 0 Å². The van der Waals surface area contributed by atoms with Gasteiger partial charge in [0.15, 0.2) is 0 Å². The number of piperidine rings is 1. The van der Waals surface area contributed by atoms with E-state index in [1.165, 1.54) is 0 Å². The van der Waals surface area contributed by atoms with Crippen LogP contribution in [0.4, 0.5) is 4.79 Å². The second-order valence-corrected chi connectivity index (χ2v) is 6.91. The largest absolute Gasteiger partial charge is 0.445 e. The number of hydrogen-bond donors (Lipinski definition) is 1. The molecule has 1 fully saturated rings. The number of Topliss-reactive ketones (excluding diaryl/α,β-unsaturated/α-hetero) is 1. The lowest BCUT2D eigenvalue weighted by Gasteiger charge is -2.30. The van der Waals surface area contributed by atoms with Gasteiger partial charge in [-0.2, -0.15) is 0 Å². The van der Waals surface area contributed by atoms with Crippen molar-refractivity contribution < 1.29 is 14.3 Å². The highest BCUT2D eigenvalue weighted by molar-refractivity contribution is 5.81. The fourth-order valence-corrected chi connectivity index (χ4v) is 3.05. The Morgan fingerprint density at radius 1 is 1.29 bits per heavy atom. The number of ether oxygens (including phenoxy) is 1. The molecule has 1 saturated heterocycles. The molecule has 1 aliphatic heterocycles. The number of rotatable bonds is 7. The molecule has 0 unspecified atom stereocenters. The zero-order chi connectivity index (χ0) is 17.4. The molecule has 0 aromatic heterocycles. The van der Waals surface area contributed by atoms with Crippen molar-refractivity contribution in [1.82, 2.24) is 10.2 Å². The molecule has 132 valence electrons. The molecule has 5 nitrogen and oxygen atoms in total. The first kappa shape index (κ1) is 18.5. The van der Waals surface area contributed by atoms with E-state index in [4.69, 9.17) is 4.74 Å². The monoisotopic (exact) mass is 332 g/mol. The quantitative estimate of drug-likeness (QED) is 0.834. The fourth-order valence-electron chi connectivity index (χ4n) is 3.05. The number of likely N-dealkylation sites (tertiary alicyclic amines) is 1. The Morgan fingerprint density at radius 3 is 2.71 bits per heavy atom. The molecule has 24 heavy (non-hydrogen) atoms. The molecule has 2 rings (SSSR count). The van der Waals surface area contributed by atoms with Gasteiger partial charge in [0.05, 0.1) is 6.54 Å². The van der Waals surface area contributed by atoms with Crippen LogP contribution >= 0.6 is 0 Å². The SMILES string of the molecule is CC(C)C[C@H](CN1CCCC(=O)C1)NC(=O)OCc1ccccc1. The van der Waals surface area contributed by atoms with Gasteiger partial charge in [-0.05, 0) is 30.9 Å². The number of carbonyl (C=O) groups excluding carboxylic acids is 2. The summed E-state index contributed by atoms with van der Waals surface area (Å²) in [6.07, 6.45) is 2.06. The van der Waals surface area contributed by atoms with Gasteiger partial charge in [-0.1, -0.05) is 44.2 Å². The molecule has 0 aliphatic carbocycles. The second kappa shape index (κ2) is 9.42. The Balaban J connectivity index is 1.82. The normalized spacial score (nSPS) is 16.9. The highest BCUT2D eigenvalue weighted by Crippen LogP contribution is 2.11. The topological polar surface area (TPSA) is 58.6 Å². The van der Waals surface area contributed by atoms with Gasteiger partial charge in [-0.3, -0.25) is 9.69 Å². The molecule has 1 N–H and O–H groups in total. The number of amides is 1. The molecule has 5 heteroatoms. The molecule has 1 heterocycles. The third kappa shape index (κ3) is 6.71. The van der Waals surface area contributed by atoms with Crippen molar-refractivity contribution in [1.29, 1.82) is 0 Å². The highest BCUT2D eigenvalue weighted by Gasteiger charge is 2.22. The van der Waals surface area contributed by atoms with Crippen LogP contribution in [0.25, 0.3) is 0 Å². The van der Waals surface area contributed by atoms with E-state index in [1.807, 2.05) is 30.3 Å². The zero-order valence-electron chi connectivity index (χ0n) is 14.7. The van der Waals surface area contributed by atoms with E-state index < -0.39 is 6.09 Å². The van der Waals surface area contributed by atoms with E-state index in [2.05, 4.69) is 24.1 Å². The fraction of sp³-hybridized carbons (Fsp3) is 0.579. The molecule has 0 saturated carbocycles. The third-order valence-corrected chi connectivity index (χ3v) is 4.10. The lowest BCUT2D eigenvalue weighted by Crippen LogP contribution is -2.47. The van der Waals surface area contributed by atoms with Crippen molar-refractivity contribution >= 4 is 11.9 Å². The van der Waals surface area contributed by atoms with Gasteiger partial charge in [0, 0.05) is 19.0 Å². The van der Waals surface area contributed by atoms with Crippen molar-refractivity contribution in [3.63, 3.8) is 0 Å². The lowest BCUT2D eigenvalue weighted by atomic mass is 10.0. The van der Waals surface area contributed by atoms with Crippen LogP contribution in [0.15, 0.2) is 30.3 Å². The zero-order valence-corrected chi connectivity index (χ0v) is 14.7. The Kier molecular flexibility index (Phi) is 7.25. The lowest BCUT2D eigenvalue weighted by molar-refractivity contribution is -0.122. The summed E-state index contributed by atoms with van der Waals surface area (Å²) >= 11 is 0. The Morgan fingerprint density at radius 2 is 2.04 bits per heavy atom. The average molecular weight is 332 g/mol. The number of nitrogens with one attached hydrogen (secondary N) is 1. The van der Waals surface area contributed by atoms with E-state index in [0.29, 0.717) is 25.4 Å². The molecule has 1 aromatic rings. The van der Waals surface area contributed by atoms with E-state index in [0.717, 1.165) is 24.9 Å². The summed E-state index contributed by atoms with van der Waals surface area (Å²) in [5, 5.41) is 2.97. The van der Waals surface area contributed by atoms with Crippen molar-refractivity contribution in [3.8, 4) is 0 Å². The van der Waals surface area contributed by atoms with Crippen LogP contribution in [-0.2, 0) is 16.1 Å². The first-order valence-corrected chi connectivity index (χ1v) is 8.74. The maximum absolute atomic E-state index is 12.1. The summed E-state index contributed by atoms with van der Waals surface area (Å²) in [7, 11) is 0. The summed E-state index contributed by atoms with van der Waals surface area (Å²) in [5.41, 5.74) is 0.967. The van der Waals surface area contributed by atoms with Crippen molar-refractivity contribution in [2.75, 3.05) is 19.6 Å². The number of nitrogens with zero attached hydrogens (tertiary/aromatic N) is 1. The summed E-state index contributed by atoms with van der Waals surface area (Å²) in [6.45, 7) is 6.64. The predicted molar refractivity (Wildman–Crippen MR) is 93.7 cm³/mol. The summed E-state index contributed by atoms with van der Waals surface area (Å²) in [4.78, 5) is 25.8. The molecule has 0 bridgehead atoms. The minimum atomic E-state index is -0.396. The third-order valence-electron chi connectivity index (χ3n) is 4.10. The minimum Gasteiger partial charge on any atom is -0.445 e. The minimum absolute atomic E-state index is 0.000765. The molecular weight excluding hydrogens is 304 g/mol. The summed E-state index contributed by atoms with van der Waals surface area (Å²) in [6, 6.07) is 9.63. The predicted octanol–water partition coefficient (Wildman–Crippen LogP) is 2.99. The van der Waals surface area contributed by atoms with E-state index in [-0.39, 0.29) is 18.4 Å². The maximum Gasteiger partial charge on any atom is 0.407 e. The Hall–Kier alpha value is -1.88. The van der Waals surface area contributed by atoms with Crippen LogP contribution in [0.5, 0.6) is 0 Å². The van der Waals surface area contributed by atoms with Gasteiger partial charge in [-0.15, -0.1) is 0 Å². The maximum atomic E-state index is 12.1. The smallest absolute Gasteiger partial charge is 0.407 e.